The van der Waals surface area contributed by atoms with Crippen molar-refractivity contribution < 1.29 is 14.8 Å². The van der Waals surface area contributed by atoms with Crippen LogP contribution < -0.4 is 10.6 Å². The van der Waals surface area contributed by atoms with Gasteiger partial charge in [0.15, 0.2) is 5.82 Å². The first kappa shape index (κ1) is 24.8. The van der Waals surface area contributed by atoms with Gasteiger partial charge in [-0.1, -0.05) is 36.6 Å². The Morgan fingerprint density at radius 3 is 2.52 bits per heavy atom. The molecule has 2 aromatic heterocycles. The number of carbonyl (C=O) groups excluding carboxylic acids is 1. The van der Waals surface area contributed by atoms with E-state index >= 15 is 0 Å². The molecule has 12 heteroatoms. The molecule has 0 fully saturated rings. The highest BCUT2D eigenvalue weighted by Gasteiger charge is 2.20. The lowest BCUT2D eigenvalue weighted by Crippen LogP contribution is -2.31. The van der Waals surface area contributed by atoms with E-state index in [9.17, 15) is 4.79 Å². The van der Waals surface area contributed by atoms with Crippen LogP contribution in [-0.2, 0) is 24.4 Å². The standard InChI is InChI=1S/C21H27BClN7O3/c23-18-6-4-16(5-7-18)14-26-20(31)15-30-21(27-28-29-30)19(3-1-2-10-22(32)33)25-13-17-8-11-24-12-9-17/h4-9,11-12,19,25,32-33H,1-3,10,13-15H2,(H,26,31). The number of pyridine rings is 1. The van der Waals surface area contributed by atoms with E-state index in [-0.39, 0.29) is 18.5 Å². The molecule has 0 bridgehead atoms. The molecule has 2 heterocycles. The zero-order valence-corrected chi connectivity index (χ0v) is 18.9. The van der Waals surface area contributed by atoms with Crippen molar-refractivity contribution >= 4 is 24.6 Å². The zero-order valence-electron chi connectivity index (χ0n) is 18.1. The number of hydrogen-bond donors (Lipinski definition) is 4. The molecule has 3 rings (SSSR count). The Bertz CT molecular complexity index is 989. The van der Waals surface area contributed by atoms with Crippen LogP contribution in [0.4, 0.5) is 0 Å². The minimum absolute atomic E-state index is 0.0152. The number of halogens is 1. The van der Waals surface area contributed by atoms with Crippen molar-refractivity contribution in [3.8, 4) is 0 Å². The minimum Gasteiger partial charge on any atom is -0.427 e. The number of benzene rings is 1. The summed E-state index contributed by atoms with van der Waals surface area (Å²) in [5.74, 6) is 0.338. The highest BCUT2D eigenvalue weighted by Crippen LogP contribution is 2.19. The average molecular weight is 472 g/mol. The topological polar surface area (TPSA) is 138 Å². The molecule has 1 amide bonds. The monoisotopic (exact) mass is 471 g/mol. The predicted molar refractivity (Wildman–Crippen MR) is 124 cm³/mol. The van der Waals surface area contributed by atoms with E-state index in [0.717, 1.165) is 17.5 Å². The molecule has 3 aromatic rings. The van der Waals surface area contributed by atoms with E-state index in [1.807, 2.05) is 24.3 Å². The zero-order chi connectivity index (χ0) is 23.5. The van der Waals surface area contributed by atoms with Crippen molar-refractivity contribution in [1.82, 2.24) is 35.8 Å². The van der Waals surface area contributed by atoms with E-state index in [1.54, 1.807) is 24.5 Å². The van der Waals surface area contributed by atoms with Crippen LogP contribution in [0.2, 0.25) is 11.3 Å². The van der Waals surface area contributed by atoms with Crippen molar-refractivity contribution in [2.24, 2.45) is 0 Å². The lowest BCUT2D eigenvalue weighted by Gasteiger charge is -2.18. The van der Waals surface area contributed by atoms with E-state index < -0.39 is 7.12 Å². The van der Waals surface area contributed by atoms with Crippen molar-refractivity contribution in [3.63, 3.8) is 0 Å². The molecule has 33 heavy (non-hydrogen) atoms. The van der Waals surface area contributed by atoms with E-state index in [2.05, 4.69) is 31.1 Å². The molecule has 0 spiro atoms. The van der Waals surface area contributed by atoms with Gasteiger partial charge >= 0.3 is 7.12 Å². The van der Waals surface area contributed by atoms with Crippen molar-refractivity contribution in [3.05, 3.63) is 70.8 Å². The first-order chi connectivity index (χ1) is 16.0. The number of tetrazole rings is 1. The SMILES string of the molecule is O=C(Cn1nnnc1C(CCCCB(O)O)NCc1ccncc1)NCc1ccc(Cl)cc1. The summed E-state index contributed by atoms with van der Waals surface area (Å²) in [5.41, 5.74) is 1.99. The van der Waals surface area contributed by atoms with Crippen molar-refractivity contribution in [2.75, 3.05) is 0 Å². The van der Waals surface area contributed by atoms with Crippen LogP contribution in [0.15, 0.2) is 48.8 Å². The summed E-state index contributed by atoms with van der Waals surface area (Å²) in [6, 6.07) is 10.9. The summed E-state index contributed by atoms with van der Waals surface area (Å²) in [7, 11) is -1.32. The van der Waals surface area contributed by atoms with E-state index in [1.165, 1.54) is 4.68 Å². The van der Waals surface area contributed by atoms with Gasteiger partial charge in [-0.05, 0) is 58.6 Å². The molecular formula is C21H27BClN7O3. The molecule has 0 saturated carbocycles. The fourth-order valence-corrected chi connectivity index (χ4v) is 3.43. The smallest absolute Gasteiger partial charge is 0.427 e. The number of aromatic nitrogens is 5. The molecule has 174 valence electrons. The average Bonchev–Trinajstić information content (AvgIpc) is 3.26. The first-order valence-electron chi connectivity index (χ1n) is 10.8. The van der Waals surface area contributed by atoms with Gasteiger partial charge in [0.05, 0.1) is 6.04 Å². The summed E-state index contributed by atoms with van der Waals surface area (Å²) < 4.78 is 1.49. The Hall–Kier alpha value is -2.86. The second kappa shape index (κ2) is 13.0. The van der Waals surface area contributed by atoms with Crippen LogP contribution in [0.3, 0.4) is 0 Å². The van der Waals surface area contributed by atoms with E-state index in [4.69, 9.17) is 21.6 Å². The summed E-state index contributed by atoms with van der Waals surface area (Å²) >= 11 is 5.90. The van der Waals surface area contributed by atoms with Crippen LogP contribution in [0.5, 0.6) is 0 Å². The van der Waals surface area contributed by atoms with E-state index in [0.29, 0.717) is 43.1 Å². The highest BCUT2D eigenvalue weighted by molar-refractivity contribution is 6.40. The van der Waals surface area contributed by atoms with Crippen molar-refractivity contribution in [1.29, 1.82) is 0 Å². The molecule has 10 nitrogen and oxygen atoms in total. The molecule has 1 atom stereocenters. The highest BCUT2D eigenvalue weighted by atomic mass is 35.5. The lowest BCUT2D eigenvalue weighted by molar-refractivity contribution is -0.122. The first-order valence-corrected chi connectivity index (χ1v) is 11.1. The maximum Gasteiger partial charge on any atom is 0.451 e. The van der Waals surface area contributed by atoms with Crippen LogP contribution in [0.1, 0.15) is 42.3 Å². The van der Waals surface area contributed by atoms with Crippen molar-refractivity contribution in [2.45, 2.75) is 51.3 Å². The number of carbonyl (C=O) groups is 1. The number of hydrogen-bond acceptors (Lipinski definition) is 8. The summed E-state index contributed by atoms with van der Waals surface area (Å²) in [6.07, 6.45) is 5.81. The molecule has 1 aromatic carbocycles. The Kier molecular flexibility index (Phi) is 9.76. The second-order valence-electron chi connectivity index (χ2n) is 7.65. The third-order valence-corrected chi connectivity index (χ3v) is 5.33. The Morgan fingerprint density at radius 2 is 1.79 bits per heavy atom. The van der Waals surface area contributed by atoms with Crippen LogP contribution in [0, 0.1) is 0 Å². The Labute approximate surface area is 197 Å². The van der Waals surface area contributed by atoms with Gasteiger partial charge in [0, 0.05) is 30.5 Å². The summed E-state index contributed by atoms with van der Waals surface area (Å²) in [6.45, 7) is 0.935. The molecule has 0 aliphatic rings. The molecule has 4 N–H and O–H groups in total. The van der Waals surface area contributed by atoms with Gasteiger partial charge in [0.25, 0.3) is 0 Å². The lowest BCUT2D eigenvalue weighted by atomic mass is 9.83. The summed E-state index contributed by atoms with van der Waals surface area (Å²) in [5, 5.41) is 37.1. The van der Waals surface area contributed by atoms with Gasteiger partial charge in [0.1, 0.15) is 6.54 Å². The molecule has 0 radical (unpaired) electrons. The van der Waals surface area contributed by atoms with Gasteiger partial charge in [-0.15, -0.1) is 5.10 Å². The number of unbranched alkanes of at least 4 members (excludes halogenated alkanes) is 1. The maximum absolute atomic E-state index is 12.5. The van der Waals surface area contributed by atoms with Crippen LogP contribution >= 0.6 is 11.6 Å². The number of nitrogens with zero attached hydrogens (tertiary/aromatic N) is 5. The molecule has 0 saturated heterocycles. The normalized spacial score (nSPS) is 11.8. The second-order valence-corrected chi connectivity index (χ2v) is 8.09. The fourth-order valence-electron chi connectivity index (χ4n) is 3.31. The summed E-state index contributed by atoms with van der Waals surface area (Å²) in [4.78, 5) is 16.5. The number of nitrogens with one attached hydrogen (secondary N) is 2. The molecular weight excluding hydrogens is 445 g/mol. The predicted octanol–water partition coefficient (Wildman–Crippen LogP) is 1.51. The number of rotatable bonds is 13. The third-order valence-electron chi connectivity index (χ3n) is 5.07. The van der Waals surface area contributed by atoms with Gasteiger partial charge < -0.3 is 20.7 Å². The minimum atomic E-state index is -1.32. The fraction of sp³-hybridized carbons (Fsp3) is 0.381. The Balaban J connectivity index is 1.61. The molecule has 0 aliphatic carbocycles. The molecule has 0 aliphatic heterocycles. The Morgan fingerprint density at radius 1 is 1.06 bits per heavy atom. The van der Waals surface area contributed by atoms with Gasteiger partial charge in [-0.25, -0.2) is 4.68 Å². The largest absolute Gasteiger partial charge is 0.451 e. The quantitative estimate of drug-likeness (QED) is 0.217. The van der Waals surface area contributed by atoms with Gasteiger partial charge in [-0.2, -0.15) is 0 Å². The van der Waals surface area contributed by atoms with Crippen LogP contribution in [-0.4, -0.2) is 48.3 Å². The maximum atomic E-state index is 12.5. The van der Waals surface area contributed by atoms with Crippen LogP contribution in [0.25, 0.3) is 0 Å². The van der Waals surface area contributed by atoms with Gasteiger partial charge in [-0.3, -0.25) is 9.78 Å². The third kappa shape index (κ3) is 8.54. The van der Waals surface area contributed by atoms with Gasteiger partial charge in [0.2, 0.25) is 5.91 Å². The number of amides is 1. The molecule has 1 unspecified atom stereocenters.